The Morgan fingerprint density at radius 2 is 1.68 bits per heavy atom. The summed E-state index contributed by atoms with van der Waals surface area (Å²) in [5, 5.41) is 2.17. The van der Waals surface area contributed by atoms with Gasteiger partial charge in [0.15, 0.2) is 5.58 Å². The van der Waals surface area contributed by atoms with Gasteiger partial charge in [-0.2, -0.15) is 0 Å². The van der Waals surface area contributed by atoms with Crippen molar-refractivity contribution in [2.24, 2.45) is 0 Å². The van der Waals surface area contributed by atoms with Crippen LogP contribution in [0.25, 0.3) is 22.1 Å². The molecular formula is C21H19N3O. The molecule has 124 valence electrons. The number of aromatic nitrogens is 1. The summed E-state index contributed by atoms with van der Waals surface area (Å²) in [6, 6.07) is 18.9. The maximum absolute atomic E-state index is 6.16. The number of nitrogens with zero attached hydrogens (tertiary/aromatic N) is 3. The van der Waals surface area contributed by atoms with Crippen molar-refractivity contribution in [3.05, 3.63) is 60.8 Å². The number of rotatable bonds is 2. The zero-order valence-corrected chi connectivity index (χ0v) is 14.3. The van der Waals surface area contributed by atoms with Crippen molar-refractivity contribution in [2.75, 3.05) is 16.3 Å². The smallest absolute Gasteiger partial charge is 0.227 e. The van der Waals surface area contributed by atoms with Crippen LogP contribution in [0, 0.1) is 0 Å². The number of hydrogen-bond acceptors (Lipinski definition) is 4. The largest absolute Gasteiger partial charge is 0.436 e. The summed E-state index contributed by atoms with van der Waals surface area (Å²) in [4.78, 5) is 9.16. The van der Waals surface area contributed by atoms with E-state index >= 15 is 0 Å². The number of furan rings is 1. The second kappa shape index (κ2) is 5.24. The molecule has 4 aromatic rings. The molecule has 0 saturated heterocycles. The molecule has 5 rings (SSSR count). The quantitative estimate of drug-likeness (QED) is 0.499. The molecule has 1 aliphatic rings. The number of para-hydroxylation sites is 3. The Labute approximate surface area is 146 Å². The molecule has 2 aromatic carbocycles. The number of hydrogen-bond donors (Lipinski definition) is 0. The fraction of sp³-hybridized carbons (Fsp3) is 0.190. The number of benzene rings is 2. The van der Waals surface area contributed by atoms with Crippen LogP contribution in [0.5, 0.6) is 0 Å². The van der Waals surface area contributed by atoms with Crippen molar-refractivity contribution in [1.29, 1.82) is 0 Å². The lowest BCUT2D eigenvalue weighted by molar-refractivity contribution is 0.645. The average Bonchev–Trinajstić information content (AvgIpc) is 3.16. The van der Waals surface area contributed by atoms with E-state index in [1.165, 1.54) is 11.4 Å². The van der Waals surface area contributed by atoms with Crippen LogP contribution in [-0.4, -0.2) is 17.7 Å². The Morgan fingerprint density at radius 1 is 0.920 bits per heavy atom. The second-order valence-corrected chi connectivity index (χ2v) is 6.39. The molecule has 1 aliphatic heterocycles. The Morgan fingerprint density at radius 3 is 2.52 bits per heavy atom. The van der Waals surface area contributed by atoms with E-state index in [9.17, 15) is 0 Å². The molecule has 0 fully saturated rings. The topological polar surface area (TPSA) is 32.5 Å². The highest BCUT2D eigenvalue weighted by atomic mass is 16.3. The predicted octanol–water partition coefficient (Wildman–Crippen LogP) is 5.31. The van der Waals surface area contributed by atoms with Crippen molar-refractivity contribution in [3.63, 3.8) is 0 Å². The Bertz CT molecular complexity index is 1080. The minimum Gasteiger partial charge on any atom is -0.436 e. The zero-order valence-electron chi connectivity index (χ0n) is 14.3. The zero-order chi connectivity index (χ0) is 17.0. The third kappa shape index (κ3) is 1.91. The van der Waals surface area contributed by atoms with Crippen LogP contribution >= 0.6 is 0 Å². The van der Waals surface area contributed by atoms with Gasteiger partial charge in [-0.05, 0) is 44.2 Å². The van der Waals surface area contributed by atoms with Crippen LogP contribution in [0.2, 0.25) is 0 Å². The summed E-state index contributed by atoms with van der Waals surface area (Å²) in [5.74, 6) is 0. The molecule has 4 nitrogen and oxygen atoms in total. The first kappa shape index (κ1) is 14.3. The van der Waals surface area contributed by atoms with E-state index in [1.54, 1.807) is 6.20 Å². The highest BCUT2D eigenvalue weighted by Gasteiger charge is 2.34. The number of pyridine rings is 1. The highest BCUT2D eigenvalue weighted by Crippen LogP contribution is 2.46. The molecule has 25 heavy (non-hydrogen) atoms. The maximum atomic E-state index is 6.16. The summed E-state index contributed by atoms with van der Waals surface area (Å²) >= 11 is 0. The first-order valence-corrected chi connectivity index (χ1v) is 8.70. The molecule has 0 bridgehead atoms. The van der Waals surface area contributed by atoms with Crippen molar-refractivity contribution >= 4 is 39.1 Å². The first-order valence-electron chi connectivity index (χ1n) is 8.70. The summed E-state index contributed by atoms with van der Waals surface area (Å²) in [5.41, 5.74) is 5.17. The first-order chi connectivity index (χ1) is 12.3. The predicted molar refractivity (Wildman–Crippen MR) is 103 cm³/mol. The lowest BCUT2D eigenvalue weighted by atomic mass is 10.1. The van der Waals surface area contributed by atoms with E-state index in [-0.39, 0.29) is 6.17 Å². The van der Waals surface area contributed by atoms with Crippen molar-refractivity contribution in [3.8, 4) is 0 Å². The molecule has 0 unspecified atom stereocenters. The molecule has 1 atom stereocenters. The van der Waals surface area contributed by atoms with E-state index < -0.39 is 0 Å². The SMILES string of the molecule is CCN1c2ccccc2N(c2cccc3c2oc2ncccc23)[C@H]1C. The van der Waals surface area contributed by atoms with Gasteiger partial charge in [0.1, 0.15) is 6.17 Å². The monoisotopic (exact) mass is 329 g/mol. The van der Waals surface area contributed by atoms with Gasteiger partial charge in [-0.15, -0.1) is 0 Å². The Kier molecular flexibility index (Phi) is 3.01. The standard InChI is InChI=1S/C21H19N3O/c1-3-23-14(2)24(18-11-5-4-10-17(18)23)19-12-6-8-15-16-9-7-13-22-21(16)25-20(15)19/h4-14H,3H2,1-2H3/t14-/m0/s1. The fourth-order valence-electron chi connectivity index (χ4n) is 4.03. The summed E-state index contributed by atoms with van der Waals surface area (Å²) < 4.78 is 6.16. The second-order valence-electron chi connectivity index (χ2n) is 6.39. The van der Waals surface area contributed by atoms with Crippen LogP contribution in [-0.2, 0) is 0 Å². The highest BCUT2D eigenvalue weighted by molar-refractivity contribution is 6.09. The van der Waals surface area contributed by atoms with Gasteiger partial charge in [0, 0.05) is 23.5 Å². The van der Waals surface area contributed by atoms with E-state index in [0.717, 1.165) is 28.6 Å². The summed E-state index contributed by atoms with van der Waals surface area (Å²) in [6.45, 7) is 5.40. The molecule has 2 aromatic heterocycles. The average molecular weight is 329 g/mol. The van der Waals surface area contributed by atoms with Gasteiger partial charge in [0.25, 0.3) is 0 Å². The Balaban J connectivity index is 1.79. The van der Waals surface area contributed by atoms with Crippen LogP contribution in [0.3, 0.4) is 0 Å². The van der Waals surface area contributed by atoms with E-state index in [2.05, 4.69) is 77.2 Å². The van der Waals surface area contributed by atoms with Gasteiger partial charge in [-0.3, -0.25) is 0 Å². The molecule has 3 heterocycles. The maximum Gasteiger partial charge on any atom is 0.227 e. The van der Waals surface area contributed by atoms with Crippen molar-refractivity contribution in [1.82, 2.24) is 4.98 Å². The molecule has 0 radical (unpaired) electrons. The minimum atomic E-state index is 0.231. The lowest BCUT2D eigenvalue weighted by Crippen LogP contribution is -2.38. The van der Waals surface area contributed by atoms with Gasteiger partial charge in [0.2, 0.25) is 5.71 Å². The van der Waals surface area contributed by atoms with Crippen LogP contribution in [0.15, 0.2) is 65.2 Å². The molecule has 0 spiro atoms. The molecule has 4 heteroatoms. The third-order valence-electron chi connectivity index (χ3n) is 5.13. The molecule has 0 saturated carbocycles. The van der Waals surface area contributed by atoms with Gasteiger partial charge in [0.05, 0.1) is 17.1 Å². The van der Waals surface area contributed by atoms with Crippen molar-refractivity contribution < 1.29 is 4.42 Å². The molecule has 0 aliphatic carbocycles. The summed E-state index contributed by atoms with van der Waals surface area (Å²) in [6.07, 6.45) is 2.01. The molecule has 0 amide bonds. The van der Waals surface area contributed by atoms with Gasteiger partial charge < -0.3 is 14.2 Å². The third-order valence-corrected chi connectivity index (χ3v) is 5.13. The van der Waals surface area contributed by atoms with Gasteiger partial charge in [-0.1, -0.05) is 24.3 Å². The van der Waals surface area contributed by atoms with E-state index in [0.29, 0.717) is 5.71 Å². The lowest BCUT2D eigenvalue weighted by Gasteiger charge is -2.29. The summed E-state index contributed by atoms with van der Waals surface area (Å²) in [7, 11) is 0. The number of anilines is 3. The van der Waals surface area contributed by atoms with Crippen LogP contribution < -0.4 is 9.80 Å². The van der Waals surface area contributed by atoms with Gasteiger partial charge >= 0.3 is 0 Å². The van der Waals surface area contributed by atoms with Crippen LogP contribution in [0.1, 0.15) is 13.8 Å². The number of fused-ring (bicyclic) bond motifs is 4. The Hall–Kier alpha value is -3.01. The van der Waals surface area contributed by atoms with Gasteiger partial charge in [-0.25, -0.2) is 4.98 Å². The van der Waals surface area contributed by atoms with E-state index in [4.69, 9.17) is 4.42 Å². The molecule has 0 N–H and O–H groups in total. The van der Waals surface area contributed by atoms with Crippen LogP contribution in [0.4, 0.5) is 17.1 Å². The van der Waals surface area contributed by atoms with E-state index in [1.807, 2.05) is 6.07 Å². The minimum absolute atomic E-state index is 0.231. The molecular weight excluding hydrogens is 310 g/mol. The normalized spacial score (nSPS) is 16.8. The fourth-order valence-corrected chi connectivity index (χ4v) is 4.03. The van der Waals surface area contributed by atoms with Crippen molar-refractivity contribution in [2.45, 2.75) is 20.0 Å².